The number of aliphatic hydroxyl groups is 1. The van der Waals surface area contributed by atoms with Crippen LogP contribution in [0.5, 0.6) is 5.75 Å². The number of ketones is 1. The zero-order valence-corrected chi connectivity index (χ0v) is 19.9. The summed E-state index contributed by atoms with van der Waals surface area (Å²) >= 11 is 7.39. The number of hydrogen-bond donors (Lipinski definition) is 1. The van der Waals surface area contributed by atoms with Crippen molar-refractivity contribution >= 4 is 55.7 Å². The maximum absolute atomic E-state index is 13.3. The van der Waals surface area contributed by atoms with E-state index in [9.17, 15) is 14.7 Å². The summed E-state index contributed by atoms with van der Waals surface area (Å²) in [6.45, 7) is 1.93. The number of nitrogens with zero attached hydrogens (tertiary/aromatic N) is 2. The number of methoxy groups -OCH3 is 1. The molecule has 2 heterocycles. The molecule has 4 aromatic rings. The molecule has 1 saturated heterocycles. The molecule has 5 rings (SSSR count). The molecule has 34 heavy (non-hydrogen) atoms. The summed E-state index contributed by atoms with van der Waals surface area (Å²) in [4.78, 5) is 32.6. The minimum absolute atomic E-state index is 0.000561. The van der Waals surface area contributed by atoms with E-state index in [1.54, 1.807) is 61.7 Å². The average molecular weight is 491 g/mol. The van der Waals surface area contributed by atoms with Gasteiger partial charge in [0.2, 0.25) is 0 Å². The Morgan fingerprint density at radius 1 is 1.09 bits per heavy atom. The van der Waals surface area contributed by atoms with Gasteiger partial charge >= 0.3 is 5.91 Å². The zero-order valence-electron chi connectivity index (χ0n) is 18.3. The summed E-state index contributed by atoms with van der Waals surface area (Å²) in [5, 5.41) is 12.1. The van der Waals surface area contributed by atoms with Crippen LogP contribution in [0.2, 0.25) is 5.02 Å². The molecule has 1 atom stereocenters. The van der Waals surface area contributed by atoms with Crippen LogP contribution in [0.3, 0.4) is 0 Å². The van der Waals surface area contributed by atoms with Gasteiger partial charge in [0.15, 0.2) is 5.13 Å². The van der Waals surface area contributed by atoms with E-state index in [4.69, 9.17) is 16.3 Å². The number of aliphatic hydroxyl groups excluding tert-OH is 1. The monoisotopic (exact) mass is 490 g/mol. The third kappa shape index (κ3) is 3.73. The van der Waals surface area contributed by atoms with Crippen LogP contribution in [0.4, 0.5) is 5.13 Å². The van der Waals surface area contributed by atoms with E-state index < -0.39 is 17.7 Å². The van der Waals surface area contributed by atoms with E-state index in [-0.39, 0.29) is 11.3 Å². The second-order valence-electron chi connectivity index (χ2n) is 7.92. The Balaban J connectivity index is 1.74. The largest absolute Gasteiger partial charge is 0.507 e. The van der Waals surface area contributed by atoms with Gasteiger partial charge in [-0.05, 0) is 42.8 Å². The van der Waals surface area contributed by atoms with E-state index in [1.165, 1.54) is 16.2 Å². The maximum atomic E-state index is 13.3. The fourth-order valence-electron chi connectivity index (χ4n) is 4.01. The number of fused-ring (bicyclic) bond motifs is 1. The van der Waals surface area contributed by atoms with Gasteiger partial charge in [-0.2, -0.15) is 0 Å². The first-order valence-corrected chi connectivity index (χ1v) is 11.6. The quantitative estimate of drug-likeness (QED) is 0.219. The molecular formula is C26H19ClN2O4S. The molecule has 0 radical (unpaired) electrons. The Morgan fingerprint density at radius 3 is 2.59 bits per heavy atom. The molecule has 170 valence electrons. The number of rotatable bonds is 4. The Kier molecular flexibility index (Phi) is 5.59. The highest BCUT2D eigenvalue weighted by molar-refractivity contribution is 7.22. The fraction of sp³-hybridized carbons (Fsp3) is 0.115. The Bertz CT molecular complexity index is 1480. The minimum Gasteiger partial charge on any atom is -0.507 e. The Morgan fingerprint density at radius 2 is 1.85 bits per heavy atom. The standard InChI is InChI=1S/C26H19ClN2O4S/c1-14-6-8-15(9-7-14)23(30)21-22(16-4-3-5-18(12-16)33-2)29(25(32)24(21)31)26-28-19-11-10-17(27)13-20(19)34-26/h3-13,22,30H,1-2H3. The average Bonchev–Trinajstić information content (AvgIpc) is 3.37. The molecule has 0 spiro atoms. The lowest BCUT2D eigenvalue weighted by atomic mass is 9.95. The highest BCUT2D eigenvalue weighted by atomic mass is 35.5. The van der Waals surface area contributed by atoms with Gasteiger partial charge in [0, 0.05) is 10.6 Å². The number of halogens is 1. The lowest BCUT2D eigenvalue weighted by Gasteiger charge is -2.23. The van der Waals surface area contributed by atoms with Gasteiger partial charge in [-0.15, -0.1) is 0 Å². The number of benzene rings is 3. The number of Topliss-reactive ketones (excluding diaryl/α,β-unsaturated/α-hetero) is 1. The molecule has 8 heteroatoms. The summed E-state index contributed by atoms with van der Waals surface area (Å²) in [7, 11) is 1.54. The summed E-state index contributed by atoms with van der Waals surface area (Å²) in [5.41, 5.74) is 2.74. The van der Waals surface area contributed by atoms with E-state index in [0.29, 0.717) is 32.5 Å². The van der Waals surface area contributed by atoms with E-state index in [0.717, 1.165) is 10.3 Å². The molecule has 3 aromatic carbocycles. The first kappa shape index (κ1) is 22.1. The number of aromatic nitrogens is 1. The van der Waals surface area contributed by atoms with Crippen LogP contribution in [0.15, 0.2) is 72.3 Å². The molecule has 1 unspecified atom stereocenters. The van der Waals surface area contributed by atoms with Crippen molar-refractivity contribution in [1.82, 2.24) is 4.98 Å². The van der Waals surface area contributed by atoms with Crippen molar-refractivity contribution in [2.24, 2.45) is 0 Å². The van der Waals surface area contributed by atoms with Gasteiger partial charge in [0.25, 0.3) is 5.78 Å². The van der Waals surface area contributed by atoms with Gasteiger partial charge in [-0.1, -0.05) is 64.9 Å². The van der Waals surface area contributed by atoms with Crippen molar-refractivity contribution in [3.63, 3.8) is 0 Å². The van der Waals surface area contributed by atoms with Crippen molar-refractivity contribution in [3.05, 3.63) is 94.0 Å². The molecule has 0 saturated carbocycles. The molecule has 1 N–H and O–H groups in total. The Labute approximate surface area is 204 Å². The van der Waals surface area contributed by atoms with E-state index >= 15 is 0 Å². The molecule has 6 nitrogen and oxygen atoms in total. The fourth-order valence-corrected chi connectivity index (χ4v) is 5.28. The number of carbonyl (C=O) groups excluding carboxylic acids is 2. The van der Waals surface area contributed by atoms with Crippen LogP contribution in [0, 0.1) is 6.92 Å². The first-order valence-electron chi connectivity index (χ1n) is 10.5. The van der Waals surface area contributed by atoms with Gasteiger partial charge in [-0.3, -0.25) is 14.5 Å². The molecule has 1 aromatic heterocycles. The highest BCUT2D eigenvalue weighted by Crippen LogP contribution is 2.45. The normalized spacial score (nSPS) is 17.5. The smallest absolute Gasteiger partial charge is 0.301 e. The van der Waals surface area contributed by atoms with Gasteiger partial charge in [0.1, 0.15) is 11.5 Å². The summed E-state index contributed by atoms with van der Waals surface area (Å²) in [6.07, 6.45) is 0. The molecule has 1 amide bonds. The van der Waals surface area contributed by atoms with Gasteiger partial charge < -0.3 is 9.84 Å². The van der Waals surface area contributed by atoms with Crippen molar-refractivity contribution in [2.75, 3.05) is 12.0 Å². The first-order chi connectivity index (χ1) is 16.4. The van der Waals surface area contributed by atoms with Crippen LogP contribution in [0.25, 0.3) is 16.0 Å². The number of thiazole rings is 1. The molecule has 1 aliphatic rings. The lowest BCUT2D eigenvalue weighted by molar-refractivity contribution is -0.132. The third-order valence-electron chi connectivity index (χ3n) is 5.72. The number of carbonyl (C=O) groups is 2. The van der Waals surface area contributed by atoms with E-state index in [2.05, 4.69) is 4.98 Å². The molecule has 0 bridgehead atoms. The van der Waals surface area contributed by atoms with Crippen LogP contribution in [-0.2, 0) is 9.59 Å². The summed E-state index contributed by atoms with van der Waals surface area (Å²) < 4.78 is 6.15. The van der Waals surface area contributed by atoms with Crippen LogP contribution >= 0.6 is 22.9 Å². The number of hydrogen-bond acceptors (Lipinski definition) is 6. The summed E-state index contributed by atoms with van der Waals surface area (Å²) in [5.74, 6) is -1.21. The lowest BCUT2D eigenvalue weighted by Crippen LogP contribution is -2.29. The van der Waals surface area contributed by atoms with Crippen LogP contribution < -0.4 is 9.64 Å². The number of amides is 1. The zero-order chi connectivity index (χ0) is 24.0. The number of ether oxygens (including phenoxy) is 1. The minimum atomic E-state index is -0.882. The van der Waals surface area contributed by atoms with Crippen molar-refractivity contribution in [2.45, 2.75) is 13.0 Å². The second-order valence-corrected chi connectivity index (χ2v) is 9.37. The highest BCUT2D eigenvalue weighted by Gasteiger charge is 2.48. The van der Waals surface area contributed by atoms with Crippen LogP contribution in [-0.4, -0.2) is 28.9 Å². The summed E-state index contributed by atoms with van der Waals surface area (Å²) in [6, 6.07) is 18.6. The number of aryl methyl sites for hydroxylation is 1. The van der Waals surface area contributed by atoms with Crippen molar-refractivity contribution < 1.29 is 19.4 Å². The molecular weight excluding hydrogens is 472 g/mol. The molecule has 1 fully saturated rings. The molecule has 1 aliphatic heterocycles. The number of anilines is 1. The van der Waals surface area contributed by atoms with E-state index in [1.807, 2.05) is 19.1 Å². The second kappa shape index (κ2) is 8.59. The maximum Gasteiger partial charge on any atom is 0.301 e. The third-order valence-corrected chi connectivity index (χ3v) is 6.98. The Hall–Kier alpha value is -3.68. The van der Waals surface area contributed by atoms with Crippen molar-refractivity contribution in [3.8, 4) is 5.75 Å². The van der Waals surface area contributed by atoms with Gasteiger partial charge in [0.05, 0.1) is 28.9 Å². The van der Waals surface area contributed by atoms with Crippen molar-refractivity contribution in [1.29, 1.82) is 0 Å². The predicted octanol–water partition coefficient (Wildman–Crippen LogP) is 5.89. The van der Waals surface area contributed by atoms with Gasteiger partial charge in [-0.25, -0.2) is 4.98 Å². The molecule has 0 aliphatic carbocycles. The van der Waals surface area contributed by atoms with Crippen LogP contribution in [0.1, 0.15) is 22.7 Å². The topological polar surface area (TPSA) is 79.7 Å². The predicted molar refractivity (Wildman–Crippen MR) is 134 cm³/mol. The SMILES string of the molecule is COc1cccc(C2C(=C(O)c3ccc(C)cc3)C(=O)C(=O)N2c2nc3ccc(Cl)cc3s2)c1.